The lowest BCUT2D eigenvalue weighted by Crippen LogP contribution is -2.54. The Bertz CT molecular complexity index is 1690. The third-order valence-electron chi connectivity index (χ3n) is 7.73. The van der Waals surface area contributed by atoms with Gasteiger partial charge in [0.25, 0.3) is 10.0 Å². The van der Waals surface area contributed by atoms with Gasteiger partial charge in [-0.2, -0.15) is 17.5 Å². The molecule has 2 unspecified atom stereocenters. The molecule has 14 heteroatoms. The zero-order valence-corrected chi connectivity index (χ0v) is 26.9. The zero-order valence-electron chi connectivity index (χ0n) is 26.1. The van der Waals surface area contributed by atoms with Gasteiger partial charge in [0, 0.05) is 24.7 Å². The van der Waals surface area contributed by atoms with Gasteiger partial charge in [0.15, 0.2) is 16.6 Å². The molecule has 1 saturated heterocycles. The highest BCUT2D eigenvalue weighted by Gasteiger charge is 2.44. The Morgan fingerprint density at radius 1 is 1.00 bits per heavy atom. The number of rotatable bonds is 11. The topological polar surface area (TPSA) is 126 Å². The van der Waals surface area contributed by atoms with Crippen LogP contribution in [0.4, 0.5) is 17.6 Å². The number of alkyl halides is 4. The molecule has 1 amide bonds. The minimum Gasteiger partial charge on any atom is -0.345 e. The number of pyridine rings is 1. The predicted molar refractivity (Wildman–Crippen MR) is 167 cm³/mol. The van der Waals surface area contributed by atoms with Crippen molar-refractivity contribution in [3.05, 3.63) is 84.1 Å². The van der Waals surface area contributed by atoms with Crippen molar-refractivity contribution in [2.45, 2.75) is 75.0 Å². The molecule has 9 nitrogen and oxygen atoms in total. The van der Waals surface area contributed by atoms with E-state index in [0.29, 0.717) is 16.7 Å². The molecule has 2 aromatic carbocycles. The summed E-state index contributed by atoms with van der Waals surface area (Å²) in [6, 6.07) is 11.1. The highest BCUT2D eigenvalue weighted by Crippen LogP contribution is 2.35. The van der Waals surface area contributed by atoms with Crippen LogP contribution in [0.2, 0.25) is 0 Å². The molecular formula is C33H36F4N4O5S. The lowest BCUT2D eigenvalue weighted by Gasteiger charge is -2.31. The third-order valence-corrected chi connectivity index (χ3v) is 9.49. The summed E-state index contributed by atoms with van der Waals surface area (Å²) in [5.74, 6) is -1.85. The van der Waals surface area contributed by atoms with Crippen LogP contribution in [0, 0.1) is 0 Å². The largest absolute Gasteiger partial charge is 0.407 e. The maximum atomic E-state index is 14.9. The molecule has 47 heavy (non-hydrogen) atoms. The highest BCUT2D eigenvalue weighted by molar-refractivity contribution is 7.89. The van der Waals surface area contributed by atoms with Crippen molar-refractivity contribution in [2.75, 3.05) is 13.1 Å². The van der Waals surface area contributed by atoms with Crippen molar-refractivity contribution >= 4 is 27.5 Å². The van der Waals surface area contributed by atoms with Gasteiger partial charge in [0.1, 0.15) is 11.7 Å². The first kappa shape index (κ1) is 35.8. The Morgan fingerprint density at radius 2 is 1.70 bits per heavy atom. The SMILES string of the molecule is CC(=O)c1cccc(-c2ccc([C@H](NC(CC(C)(C)F)C(=O)NC3CCCN(S(=O)(=O)c4ccccn4)CC3=O)C(F)(F)F)cc2)c1. The number of hydrogen-bond acceptors (Lipinski definition) is 7. The smallest absolute Gasteiger partial charge is 0.345 e. The molecule has 0 radical (unpaired) electrons. The number of sulfonamides is 1. The van der Waals surface area contributed by atoms with Gasteiger partial charge in [0.2, 0.25) is 5.91 Å². The fourth-order valence-electron chi connectivity index (χ4n) is 5.34. The van der Waals surface area contributed by atoms with E-state index in [9.17, 15) is 40.4 Å². The molecule has 1 aliphatic heterocycles. The van der Waals surface area contributed by atoms with Crippen molar-refractivity contribution < 1.29 is 40.4 Å². The predicted octanol–water partition coefficient (Wildman–Crippen LogP) is 5.19. The summed E-state index contributed by atoms with van der Waals surface area (Å²) in [5, 5.41) is 4.47. The van der Waals surface area contributed by atoms with Crippen molar-refractivity contribution in [3.63, 3.8) is 0 Å². The molecule has 3 atom stereocenters. The zero-order chi connectivity index (χ0) is 34.6. The number of carbonyl (C=O) groups excluding carboxylic acids is 3. The van der Waals surface area contributed by atoms with E-state index in [1.807, 2.05) is 0 Å². The Labute approximate surface area is 270 Å². The van der Waals surface area contributed by atoms with Gasteiger partial charge in [-0.15, -0.1) is 0 Å². The number of ketones is 2. The number of nitrogens with one attached hydrogen (secondary N) is 2. The number of carbonyl (C=O) groups is 3. The number of halogens is 4. The molecule has 0 spiro atoms. The summed E-state index contributed by atoms with van der Waals surface area (Å²) < 4.78 is 85.2. The van der Waals surface area contributed by atoms with E-state index >= 15 is 0 Å². The van der Waals surface area contributed by atoms with Crippen molar-refractivity contribution in [1.82, 2.24) is 19.9 Å². The van der Waals surface area contributed by atoms with Gasteiger partial charge in [-0.05, 0) is 68.5 Å². The average molecular weight is 677 g/mol. The molecule has 4 rings (SSSR count). The minimum absolute atomic E-state index is 0.0273. The van der Waals surface area contributed by atoms with Gasteiger partial charge in [-0.3, -0.25) is 19.7 Å². The number of benzene rings is 2. The fraction of sp³-hybridized carbons (Fsp3) is 0.394. The number of hydrogen-bond donors (Lipinski definition) is 2. The molecule has 0 bridgehead atoms. The summed E-state index contributed by atoms with van der Waals surface area (Å²) in [5.41, 5.74) is -0.685. The lowest BCUT2D eigenvalue weighted by atomic mass is 9.95. The molecular weight excluding hydrogens is 640 g/mol. The molecule has 2 heterocycles. The Balaban J connectivity index is 1.54. The van der Waals surface area contributed by atoms with E-state index in [-0.39, 0.29) is 35.8 Å². The van der Waals surface area contributed by atoms with Gasteiger partial charge < -0.3 is 5.32 Å². The lowest BCUT2D eigenvalue weighted by molar-refractivity contribution is -0.161. The molecule has 1 aliphatic rings. The minimum atomic E-state index is -4.90. The highest BCUT2D eigenvalue weighted by atomic mass is 32.2. The number of nitrogens with zero attached hydrogens (tertiary/aromatic N) is 2. The van der Waals surface area contributed by atoms with E-state index in [4.69, 9.17) is 0 Å². The molecule has 1 fully saturated rings. The monoisotopic (exact) mass is 676 g/mol. The molecule has 252 valence electrons. The normalized spacial score (nSPS) is 17.9. The quantitative estimate of drug-likeness (QED) is 0.212. The first-order valence-corrected chi connectivity index (χ1v) is 16.4. The number of aromatic nitrogens is 1. The van der Waals surface area contributed by atoms with Crippen LogP contribution >= 0.6 is 0 Å². The summed E-state index contributed by atoms with van der Waals surface area (Å²) in [7, 11) is -4.11. The van der Waals surface area contributed by atoms with Gasteiger partial charge in [-0.25, -0.2) is 17.8 Å². The first-order chi connectivity index (χ1) is 22.0. The first-order valence-electron chi connectivity index (χ1n) is 14.9. The van der Waals surface area contributed by atoms with E-state index in [1.54, 1.807) is 24.3 Å². The molecule has 1 aromatic heterocycles. The summed E-state index contributed by atoms with van der Waals surface area (Å²) in [4.78, 5) is 42.2. The summed E-state index contributed by atoms with van der Waals surface area (Å²) >= 11 is 0. The second-order valence-corrected chi connectivity index (χ2v) is 13.9. The molecule has 0 saturated carbocycles. The standard InChI is InChI=1S/C33H36F4N4O5S/c1-21(42)24-8-6-9-25(18-24)22-12-14-23(15-13-22)30(33(35,36)37)39-27(19-32(2,3)34)31(44)40-26-10-7-17-41(20-28(26)43)47(45,46)29-11-4-5-16-38-29/h4-6,8-9,11-16,18,26-27,30,39H,7,10,17,19-20H2,1-3H3,(H,40,44)/t26?,27?,30-/m0/s1. The Morgan fingerprint density at radius 3 is 2.30 bits per heavy atom. The van der Waals surface area contributed by atoms with Gasteiger partial charge >= 0.3 is 6.18 Å². The molecule has 0 aliphatic carbocycles. The Kier molecular flexibility index (Phi) is 11.0. The van der Waals surface area contributed by atoms with Crippen LogP contribution in [0.1, 0.15) is 62.0 Å². The number of amides is 1. The van der Waals surface area contributed by atoms with Crippen LogP contribution in [0.3, 0.4) is 0 Å². The van der Waals surface area contributed by atoms with Crippen LogP contribution in [-0.4, -0.2) is 72.2 Å². The third kappa shape index (κ3) is 9.30. The van der Waals surface area contributed by atoms with Crippen LogP contribution in [0.15, 0.2) is 78.0 Å². The van der Waals surface area contributed by atoms with E-state index < -0.39 is 64.6 Å². The van der Waals surface area contributed by atoms with E-state index in [0.717, 1.165) is 18.2 Å². The summed E-state index contributed by atoms with van der Waals surface area (Å²) in [6.07, 6.45) is -4.05. The van der Waals surface area contributed by atoms with E-state index in [1.165, 1.54) is 55.6 Å². The van der Waals surface area contributed by atoms with E-state index in [2.05, 4.69) is 15.6 Å². The number of Topliss-reactive ketones (excluding diaryl/α,β-unsaturated/α-hetero) is 2. The maximum Gasteiger partial charge on any atom is 0.407 e. The second kappa shape index (κ2) is 14.4. The Hall–Kier alpha value is -4.01. The van der Waals surface area contributed by atoms with Crippen molar-refractivity contribution in [1.29, 1.82) is 0 Å². The van der Waals surface area contributed by atoms with Crippen LogP contribution in [0.25, 0.3) is 11.1 Å². The van der Waals surface area contributed by atoms with Crippen LogP contribution < -0.4 is 10.6 Å². The second-order valence-electron chi connectivity index (χ2n) is 12.1. The van der Waals surface area contributed by atoms with Crippen molar-refractivity contribution in [3.8, 4) is 11.1 Å². The molecule has 3 aromatic rings. The van der Waals surface area contributed by atoms with Gasteiger partial charge in [0.05, 0.1) is 18.6 Å². The van der Waals surface area contributed by atoms with Crippen LogP contribution in [0.5, 0.6) is 0 Å². The summed E-state index contributed by atoms with van der Waals surface area (Å²) in [6.45, 7) is 3.03. The van der Waals surface area contributed by atoms with Crippen LogP contribution in [-0.2, 0) is 19.6 Å². The maximum absolute atomic E-state index is 14.9. The fourth-order valence-corrected chi connectivity index (χ4v) is 6.71. The average Bonchev–Trinajstić information content (AvgIpc) is 3.20. The van der Waals surface area contributed by atoms with Crippen molar-refractivity contribution in [2.24, 2.45) is 0 Å². The van der Waals surface area contributed by atoms with Gasteiger partial charge in [-0.1, -0.05) is 48.5 Å². The molecule has 2 N–H and O–H groups in total.